The van der Waals surface area contributed by atoms with Crippen LogP contribution in [0.5, 0.6) is 0 Å². The van der Waals surface area contributed by atoms with Crippen molar-refractivity contribution in [1.82, 2.24) is 9.97 Å². The summed E-state index contributed by atoms with van der Waals surface area (Å²) in [5.41, 5.74) is 6.21. The Bertz CT molecular complexity index is 451. The maximum Gasteiger partial charge on any atom is 0.141 e. The molecular weight excluding hydrogens is 225 g/mol. The number of hydrogen-bond acceptors (Lipinski definition) is 4. The Balaban J connectivity index is 2.21. The van der Waals surface area contributed by atoms with Gasteiger partial charge in [0.05, 0.1) is 22.4 Å². The largest absolute Gasteiger partial charge is 0.320 e. The molecular formula is C11H12FN3S. The Kier molecular flexibility index (Phi) is 2.98. The molecule has 2 rings (SSSR count). The van der Waals surface area contributed by atoms with Gasteiger partial charge in [-0.15, -0.1) is 11.3 Å². The zero-order valence-electron chi connectivity index (χ0n) is 8.85. The fourth-order valence-corrected chi connectivity index (χ4v) is 2.24. The highest BCUT2D eigenvalue weighted by Crippen LogP contribution is 2.22. The molecule has 2 aromatic rings. The maximum atomic E-state index is 12.7. The summed E-state index contributed by atoms with van der Waals surface area (Å²) in [5, 5.41) is 2.86. The van der Waals surface area contributed by atoms with Crippen LogP contribution in [0.15, 0.2) is 29.9 Å². The predicted molar refractivity (Wildman–Crippen MR) is 61.6 cm³/mol. The van der Waals surface area contributed by atoms with Gasteiger partial charge in [0.1, 0.15) is 5.82 Å². The van der Waals surface area contributed by atoms with E-state index in [2.05, 4.69) is 9.97 Å². The summed E-state index contributed by atoms with van der Waals surface area (Å²) < 4.78 is 12.7. The van der Waals surface area contributed by atoms with E-state index in [0.717, 1.165) is 5.01 Å². The Morgan fingerprint density at radius 2 is 2.25 bits per heavy atom. The molecule has 1 atom stereocenters. The Morgan fingerprint density at radius 3 is 2.81 bits per heavy atom. The van der Waals surface area contributed by atoms with Crippen LogP contribution >= 0.6 is 11.3 Å². The quantitative estimate of drug-likeness (QED) is 0.889. The van der Waals surface area contributed by atoms with Gasteiger partial charge in [-0.3, -0.25) is 4.98 Å². The number of rotatable bonds is 3. The van der Waals surface area contributed by atoms with Crippen molar-refractivity contribution in [1.29, 1.82) is 0 Å². The highest BCUT2D eigenvalue weighted by Gasteiger charge is 2.24. The van der Waals surface area contributed by atoms with Crippen LogP contribution in [-0.4, -0.2) is 9.97 Å². The first-order valence-corrected chi connectivity index (χ1v) is 5.75. The second-order valence-electron chi connectivity index (χ2n) is 3.88. The minimum absolute atomic E-state index is 0.353. The number of pyridine rings is 1. The lowest BCUT2D eigenvalue weighted by Gasteiger charge is -2.22. The van der Waals surface area contributed by atoms with Crippen molar-refractivity contribution in [2.75, 3.05) is 0 Å². The molecule has 2 aromatic heterocycles. The van der Waals surface area contributed by atoms with Crippen LogP contribution in [-0.2, 0) is 12.0 Å². The van der Waals surface area contributed by atoms with Gasteiger partial charge in [-0.05, 0) is 19.1 Å². The molecule has 2 N–H and O–H groups in total. The minimum Gasteiger partial charge on any atom is -0.320 e. The Hall–Kier alpha value is -1.33. The van der Waals surface area contributed by atoms with Gasteiger partial charge < -0.3 is 5.73 Å². The van der Waals surface area contributed by atoms with Crippen molar-refractivity contribution >= 4 is 11.3 Å². The van der Waals surface area contributed by atoms with Gasteiger partial charge in [0.25, 0.3) is 0 Å². The predicted octanol–water partition coefficient (Wildman–Crippen LogP) is 2.09. The van der Waals surface area contributed by atoms with Crippen LogP contribution in [0.1, 0.15) is 17.6 Å². The lowest BCUT2D eigenvalue weighted by Crippen LogP contribution is -2.36. The van der Waals surface area contributed by atoms with Gasteiger partial charge in [-0.1, -0.05) is 0 Å². The highest BCUT2D eigenvalue weighted by molar-refractivity contribution is 7.09. The van der Waals surface area contributed by atoms with E-state index in [1.165, 1.54) is 12.3 Å². The molecule has 0 saturated heterocycles. The summed E-state index contributed by atoms with van der Waals surface area (Å²) in [7, 11) is 0. The van der Waals surface area contributed by atoms with Gasteiger partial charge >= 0.3 is 0 Å². The molecule has 0 saturated carbocycles. The first-order chi connectivity index (χ1) is 7.58. The second kappa shape index (κ2) is 4.27. The van der Waals surface area contributed by atoms with Crippen molar-refractivity contribution in [3.05, 3.63) is 46.4 Å². The third kappa shape index (κ3) is 2.43. The molecule has 0 aliphatic heterocycles. The van der Waals surface area contributed by atoms with Crippen molar-refractivity contribution in [2.45, 2.75) is 18.9 Å². The topological polar surface area (TPSA) is 51.8 Å². The van der Waals surface area contributed by atoms with Crippen molar-refractivity contribution in [3.63, 3.8) is 0 Å². The number of nitrogens with zero attached hydrogens (tertiary/aromatic N) is 2. The molecule has 0 fully saturated rings. The fourth-order valence-electron chi connectivity index (χ4n) is 1.46. The molecule has 0 bridgehead atoms. The molecule has 0 radical (unpaired) electrons. The molecule has 0 aliphatic rings. The highest BCUT2D eigenvalue weighted by atomic mass is 32.1. The Morgan fingerprint density at radius 1 is 1.44 bits per heavy atom. The van der Waals surface area contributed by atoms with Gasteiger partial charge in [0.15, 0.2) is 0 Å². The average molecular weight is 237 g/mol. The van der Waals surface area contributed by atoms with Gasteiger partial charge in [-0.2, -0.15) is 0 Å². The van der Waals surface area contributed by atoms with E-state index < -0.39 is 5.54 Å². The van der Waals surface area contributed by atoms with Crippen LogP contribution in [0.25, 0.3) is 0 Å². The van der Waals surface area contributed by atoms with E-state index in [-0.39, 0.29) is 5.82 Å². The van der Waals surface area contributed by atoms with Crippen LogP contribution in [0, 0.1) is 5.82 Å². The summed E-state index contributed by atoms with van der Waals surface area (Å²) in [6.45, 7) is 1.87. The second-order valence-corrected chi connectivity index (χ2v) is 4.86. The first kappa shape index (κ1) is 11.2. The normalized spacial score (nSPS) is 14.7. The van der Waals surface area contributed by atoms with Crippen LogP contribution in [0.3, 0.4) is 0 Å². The summed E-state index contributed by atoms with van der Waals surface area (Å²) in [4.78, 5) is 8.19. The molecule has 0 aliphatic carbocycles. The molecule has 0 amide bonds. The molecule has 16 heavy (non-hydrogen) atoms. The first-order valence-electron chi connectivity index (χ1n) is 4.87. The lowest BCUT2D eigenvalue weighted by molar-refractivity contribution is 0.472. The number of nitrogens with two attached hydrogens (primary N) is 1. The number of halogens is 1. The standard InChI is InChI=1S/C11H12FN3S/c1-11(13,6-10-14-4-5-16-10)9-3-2-8(12)7-15-9/h2-5,7H,6,13H2,1H3. The summed E-state index contributed by atoms with van der Waals surface area (Å²) in [6, 6.07) is 2.98. The summed E-state index contributed by atoms with van der Waals surface area (Å²) in [5.74, 6) is -0.353. The SMILES string of the molecule is CC(N)(Cc1nccs1)c1ccc(F)cn1. The zero-order chi connectivity index (χ0) is 11.6. The van der Waals surface area contributed by atoms with E-state index in [9.17, 15) is 4.39 Å². The van der Waals surface area contributed by atoms with E-state index in [4.69, 9.17) is 5.73 Å². The molecule has 0 spiro atoms. The van der Waals surface area contributed by atoms with Crippen molar-refractivity contribution < 1.29 is 4.39 Å². The van der Waals surface area contributed by atoms with Gasteiger partial charge in [0, 0.05) is 18.0 Å². The molecule has 0 aromatic carbocycles. The van der Waals surface area contributed by atoms with Crippen LogP contribution < -0.4 is 5.73 Å². The average Bonchev–Trinajstić information content (AvgIpc) is 2.70. The van der Waals surface area contributed by atoms with Crippen molar-refractivity contribution in [3.8, 4) is 0 Å². The maximum absolute atomic E-state index is 12.7. The zero-order valence-corrected chi connectivity index (χ0v) is 9.67. The summed E-state index contributed by atoms with van der Waals surface area (Å²) in [6.07, 6.45) is 3.53. The molecule has 3 nitrogen and oxygen atoms in total. The fraction of sp³-hybridized carbons (Fsp3) is 0.273. The third-order valence-electron chi connectivity index (χ3n) is 2.31. The monoisotopic (exact) mass is 237 g/mol. The van der Waals surface area contributed by atoms with E-state index >= 15 is 0 Å². The minimum atomic E-state index is -0.619. The van der Waals surface area contributed by atoms with Crippen molar-refractivity contribution in [2.24, 2.45) is 5.73 Å². The molecule has 1 unspecified atom stereocenters. The van der Waals surface area contributed by atoms with E-state index in [1.54, 1.807) is 23.6 Å². The van der Waals surface area contributed by atoms with Gasteiger partial charge in [-0.25, -0.2) is 9.37 Å². The third-order valence-corrected chi connectivity index (χ3v) is 3.09. The number of hydrogen-bond donors (Lipinski definition) is 1. The molecule has 84 valence electrons. The lowest BCUT2D eigenvalue weighted by atomic mass is 9.95. The number of thiazole rings is 1. The Labute approximate surface area is 97.2 Å². The number of aromatic nitrogens is 2. The van der Waals surface area contributed by atoms with Crippen LogP contribution in [0.2, 0.25) is 0 Å². The van der Waals surface area contributed by atoms with Gasteiger partial charge in [0.2, 0.25) is 0 Å². The molecule has 2 heterocycles. The molecule has 5 heteroatoms. The van der Waals surface area contributed by atoms with Crippen LogP contribution in [0.4, 0.5) is 4.39 Å². The summed E-state index contributed by atoms with van der Waals surface area (Å²) >= 11 is 1.55. The van der Waals surface area contributed by atoms with E-state index in [1.807, 2.05) is 12.3 Å². The van der Waals surface area contributed by atoms with E-state index in [0.29, 0.717) is 12.1 Å². The smallest absolute Gasteiger partial charge is 0.141 e.